The van der Waals surface area contributed by atoms with Gasteiger partial charge in [0, 0.05) is 16.1 Å². The summed E-state index contributed by atoms with van der Waals surface area (Å²) in [5.74, 6) is 0.908. The minimum absolute atomic E-state index is 0.124. The lowest BCUT2D eigenvalue weighted by atomic mass is 10.1. The zero-order chi connectivity index (χ0) is 15.2. The number of hydrogen-bond acceptors (Lipinski definition) is 3. The zero-order valence-electron chi connectivity index (χ0n) is 13.1. The molecule has 0 saturated heterocycles. The van der Waals surface area contributed by atoms with Crippen molar-refractivity contribution in [3.63, 3.8) is 0 Å². The third kappa shape index (κ3) is 6.25. The number of halogens is 1. The van der Waals surface area contributed by atoms with E-state index in [2.05, 4.69) is 41.2 Å². The van der Waals surface area contributed by atoms with Crippen molar-refractivity contribution in [3.8, 4) is 5.75 Å². The fraction of sp³-hybridized carbons (Fsp3) is 0.625. The molecular formula is C16H26BrNO2. The van der Waals surface area contributed by atoms with Crippen molar-refractivity contribution in [1.29, 1.82) is 0 Å². The van der Waals surface area contributed by atoms with Gasteiger partial charge in [0.05, 0.1) is 12.2 Å². The summed E-state index contributed by atoms with van der Waals surface area (Å²) in [4.78, 5) is 0. The molecule has 0 spiro atoms. The molecule has 1 aromatic rings. The molecule has 0 heterocycles. The van der Waals surface area contributed by atoms with Crippen molar-refractivity contribution in [2.24, 2.45) is 0 Å². The molecule has 0 bridgehead atoms. The third-order valence-electron chi connectivity index (χ3n) is 2.83. The van der Waals surface area contributed by atoms with Crippen molar-refractivity contribution in [1.82, 2.24) is 5.32 Å². The van der Waals surface area contributed by atoms with Gasteiger partial charge in [-0.3, -0.25) is 0 Å². The number of benzene rings is 1. The largest absolute Gasteiger partial charge is 0.491 e. The Labute approximate surface area is 131 Å². The van der Waals surface area contributed by atoms with E-state index in [1.807, 2.05) is 32.9 Å². The molecule has 0 aromatic heterocycles. The normalized spacial score (nSPS) is 13.3. The molecule has 0 saturated carbocycles. The van der Waals surface area contributed by atoms with E-state index in [4.69, 9.17) is 9.47 Å². The third-order valence-corrected chi connectivity index (χ3v) is 3.32. The summed E-state index contributed by atoms with van der Waals surface area (Å²) >= 11 is 3.49. The maximum absolute atomic E-state index is 5.89. The minimum atomic E-state index is -0.124. The Bertz CT molecular complexity index is 415. The molecule has 114 valence electrons. The predicted octanol–water partition coefficient (Wildman–Crippen LogP) is 4.31. The molecule has 3 nitrogen and oxygen atoms in total. The van der Waals surface area contributed by atoms with Gasteiger partial charge in [-0.15, -0.1) is 0 Å². The Balaban J connectivity index is 2.65. The molecule has 0 radical (unpaired) electrons. The molecule has 0 aliphatic rings. The number of rotatable bonds is 7. The zero-order valence-corrected chi connectivity index (χ0v) is 14.7. The van der Waals surface area contributed by atoms with Crippen LogP contribution in [0.3, 0.4) is 0 Å². The van der Waals surface area contributed by atoms with E-state index in [1.165, 1.54) is 5.56 Å². The summed E-state index contributed by atoms with van der Waals surface area (Å²) in [6.45, 7) is 12.5. The topological polar surface area (TPSA) is 30.5 Å². The van der Waals surface area contributed by atoms with E-state index >= 15 is 0 Å². The fourth-order valence-corrected chi connectivity index (χ4v) is 2.25. The van der Waals surface area contributed by atoms with Crippen LogP contribution in [0.1, 0.15) is 46.2 Å². The van der Waals surface area contributed by atoms with Crippen LogP contribution in [0, 0.1) is 0 Å². The second kappa shape index (κ2) is 8.01. The lowest BCUT2D eigenvalue weighted by molar-refractivity contribution is -0.0164. The van der Waals surface area contributed by atoms with Crippen LogP contribution in [0.15, 0.2) is 22.7 Å². The molecule has 20 heavy (non-hydrogen) atoms. The van der Waals surface area contributed by atoms with E-state index in [1.54, 1.807) is 0 Å². The predicted molar refractivity (Wildman–Crippen MR) is 87.4 cm³/mol. The first kappa shape index (κ1) is 17.5. The first-order chi connectivity index (χ1) is 9.33. The van der Waals surface area contributed by atoms with Gasteiger partial charge in [-0.25, -0.2) is 0 Å². The van der Waals surface area contributed by atoms with Gasteiger partial charge in [0.2, 0.25) is 0 Å². The van der Waals surface area contributed by atoms with Crippen molar-refractivity contribution in [2.75, 3.05) is 19.8 Å². The molecule has 0 fully saturated rings. The Morgan fingerprint density at radius 2 is 1.95 bits per heavy atom. The minimum Gasteiger partial charge on any atom is -0.491 e. The molecule has 1 N–H and O–H groups in total. The highest BCUT2D eigenvalue weighted by Crippen LogP contribution is 2.28. The van der Waals surface area contributed by atoms with E-state index in [9.17, 15) is 0 Å². The molecule has 1 rings (SSSR count). The molecular weight excluding hydrogens is 318 g/mol. The van der Waals surface area contributed by atoms with E-state index < -0.39 is 0 Å². The Morgan fingerprint density at radius 1 is 1.25 bits per heavy atom. The average Bonchev–Trinajstić information content (AvgIpc) is 2.34. The summed E-state index contributed by atoms with van der Waals surface area (Å²) in [6.07, 6.45) is 0. The van der Waals surface area contributed by atoms with Gasteiger partial charge < -0.3 is 14.8 Å². The molecule has 1 atom stereocenters. The molecule has 1 aromatic carbocycles. The van der Waals surface area contributed by atoms with Gasteiger partial charge in [0.25, 0.3) is 0 Å². The summed E-state index contributed by atoms with van der Waals surface area (Å²) in [6, 6.07) is 6.42. The second-order valence-electron chi connectivity index (χ2n) is 5.77. The van der Waals surface area contributed by atoms with Crippen LogP contribution in [0.4, 0.5) is 0 Å². The first-order valence-electron chi connectivity index (χ1n) is 7.13. The Hall–Kier alpha value is -0.580. The number of ether oxygens (including phenoxy) is 2. The standard InChI is InChI=1S/C16H26BrNO2/c1-6-18-12(2)14-8-7-13(17)11-15(14)19-9-10-20-16(3,4)5/h7-8,11-12,18H,6,9-10H2,1-5H3. The van der Waals surface area contributed by atoms with Crippen LogP contribution in [0.5, 0.6) is 5.75 Å². The molecule has 0 amide bonds. The van der Waals surface area contributed by atoms with Crippen molar-refractivity contribution in [2.45, 2.75) is 46.3 Å². The van der Waals surface area contributed by atoms with Gasteiger partial charge in [-0.1, -0.05) is 28.9 Å². The molecule has 0 aliphatic heterocycles. The van der Waals surface area contributed by atoms with E-state index in [0.29, 0.717) is 13.2 Å². The van der Waals surface area contributed by atoms with Crippen molar-refractivity contribution < 1.29 is 9.47 Å². The summed E-state index contributed by atoms with van der Waals surface area (Å²) in [7, 11) is 0. The monoisotopic (exact) mass is 343 g/mol. The maximum Gasteiger partial charge on any atom is 0.125 e. The van der Waals surface area contributed by atoms with Crippen molar-refractivity contribution >= 4 is 15.9 Å². The fourth-order valence-electron chi connectivity index (χ4n) is 1.91. The summed E-state index contributed by atoms with van der Waals surface area (Å²) in [5.41, 5.74) is 1.05. The SMILES string of the molecule is CCNC(C)c1ccc(Br)cc1OCCOC(C)(C)C. The summed E-state index contributed by atoms with van der Waals surface area (Å²) < 4.78 is 12.6. The first-order valence-corrected chi connectivity index (χ1v) is 7.92. The Morgan fingerprint density at radius 3 is 2.55 bits per heavy atom. The van der Waals surface area contributed by atoms with Crippen LogP contribution in [0.25, 0.3) is 0 Å². The number of hydrogen-bond donors (Lipinski definition) is 1. The van der Waals surface area contributed by atoms with Gasteiger partial charge in [-0.2, -0.15) is 0 Å². The van der Waals surface area contributed by atoms with Gasteiger partial charge >= 0.3 is 0 Å². The maximum atomic E-state index is 5.89. The Kier molecular flexibility index (Phi) is 7.00. The van der Waals surface area contributed by atoms with Crippen LogP contribution in [-0.2, 0) is 4.74 Å². The van der Waals surface area contributed by atoms with Crippen LogP contribution in [0.2, 0.25) is 0 Å². The highest BCUT2D eigenvalue weighted by Gasteiger charge is 2.13. The number of nitrogens with one attached hydrogen (secondary N) is 1. The molecule has 4 heteroatoms. The van der Waals surface area contributed by atoms with Gasteiger partial charge in [-0.05, 0) is 46.4 Å². The van der Waals surface area contributed by atoms with Crippen molar-refractivity contribution in [3.05, 3.63) is 28.2 Å². The highest BCUT2D eigenvalue weighted by molar-refractivity contribution is 9.10. The van der Waals surface area contributed by atoms with E-state index in [0.717, 1.165) is 16.8 Å². The molecule has 0 aliphatic carbocycles. The van der Waals surface area contributed by atoms with Gasteiger partial charge in [0.1, 0.15) is 12.4 Å². The van der Waals surface area contributed by atoms with Crippen LogP contribution < -0.4 is 10.1 Å². The van der Waals surface area contributed by atoms with E-state index in [-0.39, 0.29) is 11.6 Å². The average molecular weight is 344 g/mol. The van der Waals surface area contributed by atoms with Crippen LogP contribution in [-0.4, -0.2) is 25.4 Å². The van der Waals surface area contributed by atoms with Gasteiger partial charge in [0.15, 0.2) is 0 Å². The lowest BCUT2D eigenvalue weighted by Gasteiger charge is -2.21. The van der Waals surface area contributed by atoms with Crippen LogP contribution >= 0.6 is 15.9 Å². The lowest BCUT2D eigenvalue weighted by Crippen LogP contribution is -2.23. The second-order valence-corrected chi connectivity index (χ2v) is 6.69. The molecule has 1 unspecified atom stereocenters. The summed E-state index contributed by atoms with van der Waals surface area (Å²) in [5, 5.41) is 3.41. The highest BCUT2D eigenvalue weighted by atomic mass is 79.9. The quantitative estimate of drug-likeness (QED) is 0.748. The smallest absolute Gasteiger partial charge is 0.125 e.